The Hall–Kier alpha value is 0.306. The summed E-state index contributed by atoms with van der Waals surface area (Å²) < 4.78 is 0. The Morgan fingerprint density at radius 1 is 1.80 bits per heavy atom. The number of nitrogens with two attached hydrogens (primary N) is 1. The van der Waals surface area contributed by atoms with Crippen molar-refractivity contribution in [1.29, 1.82) is 5.26 Å². The zero-order chi connectivity index (χ0) is 3.41. The third-order valence-electron chi connectivity index (χ3n) is 0.0527. The third-order valence-corrected chi connectivity index (χ3v) is 0.158. The van der Waals surface area contributed by atoms with E-state index in [0.717, 1.165) is 0 Å². The predicted octanol–water partition coefficient (Wildman–Crippen LogP) is 0.0719. The Labute approximate surface area is 45.1 Å². The van der Waals surface area contributed by atoms with Crippen molar-refractivity contribution in [3.63, 3.8) is 0 Å². The number of hydrogen-bond donors (Lipinski definition) is 1. The van der Waals surface area contributed by atoms with Gasteiger partial charge in [0.1, 0.15) is 5.40 Å². The number of hydrogen-bond acceptors (Lipinski definition) is 3. The average Bonchev–Trinajstić information content (AvgIpc) is 1.37. The molecule has 0 amide bonds. The van der Waals surface area contributed by atoms with Crippen molar-refractivity contribution in [2.75, 3.05) is 0 Å². The Kier molecular flexibility index (Phi) is 15.9. The van der Waals surface area contributed by atoms with Crippen LogP contribution >= 0.6 is 11.9 Å². The Bertz CT molecular complexity index is 39.4. The fourth-order valence-corrected chi connectivity index (χ4v) is 0. The van der Waals surface area contributed by atoms with E-state index in [1.54, 1.807) is 5.40 Å². The van der Waals surface area contributed by atoms with Gasteiger partial charge in [-0.3, -0.25) is 5.14 Å². The molecule has 0 aliphatic heterocycles. The van der Waals surface area contributed by atoms with Gasteiger partial charge in [0, 0.05) is 28.7 Å². The minimum atomic E-state index is 0. The van der Waals surface area contributed by atoms with Gasteiger partial charge in [0.15, 0.2) is 0 Å². The van der Waals surface area contributed by atoms with E-state index in [0.29, 0.717) is 11.9 Å². The average molecular weight is 133 g/mol. The molecule has 31 valence electrons. The zero-order valence-corrected chi connectivity index (χ0v) is 4.12. The van der Waals surface area contributed by atoms with Crippen LogP contribution in [0.15, 0.2) is 0 Å². The monoisotopic (exact) mass is 133 g/mol. The summed E-state index contributed by atoms with van der Waals surface area (Å²) in [5.41, 5.74) is 0. The van der Waals surface area contributed by atoms with E-state index >= 15 is 0 Å². The first-order valence-corrected chi connectivity index (χ1v) is 1.54. The molecule has 0 saturated heterocycles. The number of thiocyanates is 1. The van der Waals surface area contributed by atoms with Gasteiger partial charge in [-0.15, -0.1) is 0 Å². The number of nitriles is 1. The summed E-state index contributed by atoms with van der Waals surface area (Å²) in [6, 6.07) is 0. The first-order valence-electron chi connectivity index (χ1n) is 0.663. The van der Waals surface area contributed by atoms with Crippen molar-refractivity contribution >= 4 is 11.9 Å². The van der Waals surface area contributed by atoms with Crippen LogP contribution in [0.1, 0.15) is 0 Å². The fourth-order valence-electron chi connectivity index (χ4n) is 0. The third kappa shape index (κ3) is 13.4. The molecule has 2 N–H and O–H groups in total. The minimum absolute atomic E-state index is 0. The summed E-state index contributed by atoms with van der Waals surface area (Å²) in [6.07, 6.45) is 0. The second-order valence-electron chi connectivity index (χ2n) is 0.209. The van der Waals surface area contributed by atoms with Crippen LogP contribution in [0, 0.1) is 10.7 Å². The predicted molar refractivity (Wildman–Crippen MR) is 17.4 cm³/mol. The molecule has 0 aliphatic carbocycles. The minimum Gasteiger partial charge on any atom is -0.265 e. The molecule has 5 heavy (non-hydrogen) atoms. The quantitative estimate of drug-likeness (QED) is 0.375. The molecule has 0 atom stereocenters. The van der Waals surface area contributed by atoms with E-state index in [9.17, 15) is 0 Å². The second-order valence-corrected chi connectivity index (χ2v) is 0.627. The van der Waals surface area contributed by atoms with Crippen LogP contribution < -0.4 is 5.14 Å². The molecule has 0 aliphatic rings. The van der Waals surface area contributed by atoms with Crippen molar-refractivity contribution < 1.29 is 16.8 Å². The fraction of sp³-hybridized carbons (Fsp3) is 0. The summed E-state index contributed by atoms with van der Waals surface area (Å²) in [5, 5.41) is 13.7. The summed E-state index contributed by atoms with van der Waals surface area (Å²) in [7, 11) is 0. The smallest absolute Gasteiger partial charge is 0.149 e. The van der Waals surface area contributed by atoms with Crippen molar-refractivity contribution in [2.45, 2.75) is 0 Å². The van der Waals surface area contributed by atoms with Gasteiger partial charge in [0.2, 0.25) is 0 Å². The van der Waals surface area contributed by atoms with Gasteiger partial charge in [-0.1, -0.05) is 0 Å². The topological polar surface area (TPSA) is 49.8 Å². The zero-order valence-electron chi connectivity index (χ0n) is 2.27. The molecule has 2 nitrogen and oxygen atoms in total. The Balaban J connectivity index is 0. The van der Waals surface area contributed by atoms with Gasteiger partial charge in [-0.25, -0.2) is 0 Å². The molecule has 0 unspecified atom stereocenters. The molecule has 0 aromatic heterocycles. The van der Waals surface area contributed by atoms with Crippen LogP contribution in [0.25, 0.3) is 0 Å². The molecular formula is CH2CoN2S. The molecule has 0 rings (SSSR count). The first-order chi connectivity index (χ1) is 1.91. The van der Waals surface area contributed by atoms with Gasteiger partial charge >= 0.3 is 0 Å². The molecule has 0 saturated carbocycles. The van der Waals surface area contributed by atoms with Crippen molar-refractivity contribution in [3.05, 3.63) is 0 Å². The largest absolute Gasteiger partial charge is 0.265 e. The maximum Gasteiger partial charge on any atom is 0.149 e. The van der Waals surface area contributed by atoms with Crippen molar-refractivity contribution in [2.24, 2.45) is 5.14 Å². The van der Waals surface area contributed by atoms with Gasteiger partial charge in [0.25, 0.3) is 0 Å². The van der Waals surface area contributed by atoms with Crippen LogP contribution in [0.2, 0.25) is 0 Å². The molecule has 1 radical (unpaired) electrons. The molecule has 0 aromatic carbocycles. The number of nitrogens with zero attached hydrogens (tertiary/aromatic N) is 1. The maximum atomic E-state index is 7.46. The molecule has 0 aromatic rings. The van der Waals surface area contributed by atoms with Crippen LogP contribution in [-0.4, -0.2) is 0 Å². The van der Waals surface area contributed by atoms with E-state index in [4.69, 9.17) is 5.26 Å². The van der Waals surface area contributed by atoms with Crippen LogP contribution in [0.5, 0.6) is 0 Å². The van der Waals surface area contributed by atoms with Gasteiger partial charge in [-0.05, 0) is 0 Å². The maximum absolute atomic E-state index is 7.46. The van der Waals surface area contributed by atoms with Gasteiger partial charge in [-0.2, -0.15) is 5.26 Å². The normalized spacial score (nSPS) is 4.00. The summed E-state index contributed by atoms with van der Waals surface area (Å²) >= 11 is 0.662. The van der Waals surface area contributed by atoms with E-state index in [1.165, 1.54) is 0 Å². The first kappa shape index (κ1) is 9.00. The Morgan fingerprint density at radius 2 is 2.00 bits per heavy atom. The van der Waals surface area contributed by atoms with Crippen LogP contribution in [0.4, 0.5) is 0 Å². The van der Waals surface area contributed by atoms with Crippen LogP contribution in [-0.2, 0) is 16.8 Å². The molecule has 0 heterocycles. The second kappa shape index (κ2) is 8.85. The van der Waals surface area contributed by atoms with Crippen LogP contribution in [0.3, 0.4) is 0 Å². The molecule has 0 spiro atoms. The standard InChI is InChI=1S/CH2N2S.Co/c2-1-4-3;/h3H2;. The Morgan fingerprint density at radius 3 is 2.00 bits per heavy atom. The number of rotatable bonds is 0. The SMILES string of the molecule is N#CSN.[Co]. The van der Waals surface area contributed by atoms with Crippen molar-refractivity contribution in [1.82, 2.24) is 0 Å². The molecule has 0 fully saturated rings. The van der Waals surface area contributed by atoms with E-state index in [2.05, 4.69) is 5.14 Å². The van der Waals surface area contributed by atoms with E-state index < -0.39 is 0 Å². The van der Waals surface area contributed by atoms with Gasteiger partial charge < -0.3 is 0 Å². The van der Waals surface area contributed by atoms with Crippen molar-refractivity contribution in [3.8, 4) is 5.40 Å². The summed E-state index contributed by atoms with van der Waals surface area (Å²) in [4.78, 5) is 0. The molecule has 0 bridgehead atoms. The summed E-state index contributed by atoms with van der Waals surface area (Å²) in [5.74, 6) is 0. The summed E-state index contributed by atoms with van der Waals surface area (Å²) in [6.45, 7) is 0. The molecular weight excluding hydrogens is 131 g/mol. The van der Waals surface area contributed by atoms with E-state index in [1.807, 2.05) is 0 Å². The van der Waals surface area contributed by atoms with E-state index in [-0.39, 0.29) is 16.8 Å². The van der Waals surface area contributed by atoms with Gasteiger partial charge in [0.05, 0.1) is 0 Å². The molecule has 4 heteroatoms.